The SMILES string of the molecule is COC(=O)/C=C1\C[C@H]2CC(=O)O[C@@H](/C=C/C=C\C=C(/C)CC(=O)OC)C/C=C/CC[C@H]3CCC[C@@H](C[C@@H](C1)O2)O3. The fraction of sp³-hybridized carbons (Fsp3) is 0.594. The van der Waals surface area contributed by atoms with Crippen LogP contribution in [0.3, 0.4) is 0 Å². The van der Waals surface area contributed by atoms with Gasteiger partial charge in [0.15, 0.2) is 0 Å². The van der Waals surface area contributed by atoms with Gasteiger partial charge in [0.2, 0.25) is 0 Å². The third kappa shape index (κ3) is 11.6. The van der Waals surface area contributed by atoms with E-state index < -0.39 is 12.1 Å². The minimum absolute atomic E-state index is 0.0997. The number of rotatable bonds is 6. The van der Waals surface area contributed by atoms with Crippen molar-refractivity contribution in [1.82, 2.24) is 0 Å². The van der Waals surface area contributed by atoms with Crippen LogP contribution >= 0.6 is 0 Å². The molecule has 0 spiro atoms. The Bertz CT molecular complexity index is 1000. The number of ether oxygens (including phenoxy) is 5. The highest BCUT2D eigenvalue weighted by Gasteiger charge is 2.32. The quantitative estimate of drug-likeness (QED) is 0.137. The van der Waals surface area contributed by atoms with Crippen LogP contribution in [-0.4, -0.2) is 62.6 Å². The molecule has 5 atom stereocenters. The molecule has 0 N–H and O–H groups in total. The molecule has 8 nitrogen and oxygen atoms in total. The van der Waals surface area contributed by atoms with E-state index in [9.17, 15) is 14.4 Å². The normalized spacial score (nSPS) is 30.7. The maximum atomic E-state index is 13.0. The largest absolute Gasteiger partial charge is 0.469 e. The first kappa shape index (κ1) is 31.6. The zero-order valence-electron chi connectivity index (χ0n) is 24.0. The van der Waals surface area contributed by atoms with Crippen molar-refractivity contribution < 1.29 is 38.1 Å². The van der Waals surface area contributed by atoms with Gasteiger partial charge in [-0.3, -0.25) is 9.59 Å². The van der Waals surface area contributed by atoms with Gasteiger partial charge in [-0.25, -0.2) is 4.79 Å². The van der Waals surface area contributed by atoms with E-state index in [0.717, 1.165) is 49.7 Å². The molecule has 0 aromatic carbocycles. The van der Waals surface area contributed by atoms with Crippen LogP contribution in [0, 0.1) is 0 Å². The minimum Gasteiger partial charge on any atom is -0.469 e. The van der Waals surface area contributed by atoms with Crippen molar-refractivity contribution in [2.45, 2.75) is 108 Å². The molecular formula is C32H44O8. The van der Waals surface area contributed by atoms with Crippen LogP contribution in [0.2, 0.25) is 0 Å². The Morgan fingerprint density at radius 3 is 2.50 bits per heavy atom. The molecule has 8 heteroatoms. The molecule has 0 saturated carbocycles. The van der Waals surface area contributed by atoms with Gasteiger partial charge in [-0.1, -0.05) is 47.6 Å². The second-order valence-corrected chi connectivity index (χ2v) is 10.7. The van der Waals surface area contributed by atoms with Crippen molar-refractivity contribution in [3.63, 3.8) is 0 Å². The first-order valence-corrected chi connectivity index (χ1v) is 14.3. The molecule has 3 aliphatic heterocycles. The number of hydrogen-bond acceptors (Lipinski definition) is 8. The third-order valence-corrected chi connectivity index (χ3v) is 7.30. The Hall–Kier alpha value is -2.97. The second kappa shape index (κ2) is 17.0. The molecule has 0 radical (unpaired) electrons. The van der Waals surface area contributed by atoms with Crippen LogP contribution in [0.25, 0.3) is 0 Å². The molecule has 2 fully saturated rings. The van der Waals surface area contributed by atoms with E-state index >= 15 is 0 Å². The summed E-state index contributed by atoms with van der Waals surface area (Å²) in [5, 5.41) is 0. The number of carbonyl (C=O) groups excluding carboxylic acids is 3. The van der Waals surface area contributed by atoms with Crippen LogP contribution in [0.5, 0.6) is 0 Å². The Morgan fingerprint density at radius 2 is 1.70 bits per heavy atom. The van der Waals surface area contributed by atoms with Gasteiger partial charge in [0, 0.05) is 18.9 Å². The summed E-state index contributed by atoms with van der Waals surface area (Å²) in [5.74, 6) is -1.02. The number of esters is 3. The lowest BCUT2D eigenvalue weighted by atomic mass is 9.90. The topological polar surface area (TPSA) is 97.4 Å². The highest BCUT2D eigenvalue weighted by atomic mass is 16.6. The Kier molecular flexibility index (Phi) is 13.4. The zero-order valence-corrected chi connectivity index (χ0v) is 24.0. The van der Waals surface area contributed by atoms with E-state index in [-0.39, 0.29) is 49.2 Å². The predicted molar refractivity (Wildman–Crippen MR) is 151 cm³/mol. The van der Waals surface area contributed by atoms with E-state index in [1.807, 2.05) is 37.3 Å². The van der Waals surface area contributed by atoms with Crippen LogP contribution < -0.4 is 0 Å². The van der Waals surface area contributed by atoms with Crippen LogP contribution in [0.1, 0.15) is 77.6 Å². The molecule has 40 heavy (non-hydrogen) atoms. The van der Waals surface area contributed by atoms with Crippen molar-refractivity contribution >= 4 is 17.9 Å². The highest BCUT2D eigenvalue weighted by molar-refractivity contribution is 5.82. The van der Waals surface area contributed by atoms with Gasteiger partial charge in [0.05, 0.1) is 51.5 Å². The molecule has 2 saturated heterocycles. The van der Waals surface area contributed by atoms with E-state index in [1.165, 1.54) is 20.3 Å². The predicted octanol–water partition coefficient (Wildman–Crippen LogP) is 5.63. The summed E-state index contributed by atoms with van der Waals surface area (Å²) in [7, 11) is 2.73. The molecule has 4 bridgehead atoms. The van der Waals surface area contributed by atoms with Crippen LogP contribution in [0.4, 0.5) is 0 Å². The van der Waals surface area contributed by atoms with Gasteiger partial charge >= 0.3 is 17.9 Å². The summed E-state index contributed by atoms with van der Waals surface area (Å²) in [4.78, 5) is 36.3. The summed E-state index contributed by atoms with van der Waals surface area (Å²) < 4.78 is 28.1. The van der Waals surface area contributed by atoms with Crippen molar-refractivity contribution in [3.05, 3.63) is 59.8 Å². The van der Waals surface area contributed by atoms with Crippen molar-refractivity contribution in [2.75, 3.05) is 14.2 Å². The summed E-state index contributed by atoms with van der Waals surface area (Å²) in [6, 6.07) is 0. The minimum atomic E-state index is -0.429. The highest BCUT2D eigenvalue weighted by Crippen LogP contribution is 2.33. The molecule has 3 aliphatic rings. The number of hydrogen-bond donors (Lipinski definition) is 0. The van der Waals surface area contributed by atoms with Crippen molar-refractivity contribution in [1.29, 1.82) is 0 Å². The average molecular weight is 557 g/mol. The molecule has 0 amide bonds. The first-order chi connectivity index (χ1) is 19.3. The van der Waals surface area contributed by atoms with Crippen LogP contribution in [0.15, 0.2) is 59.8 Å². The van der Waals surface area contributed by atoms with Gasteiger partial charge in [0.25, 0.3) is 0 Å². The second-order valence-electron chi connectivity index (χ2n) is 10.7. The summed E-state index contributed by atoms with van der Waals surface area (Å²) in [6.07, 6.45) is 22.2. The van der Waals surface area contributed by atoms with E-state index in [1.54, 1.807) is 0 Å². The number of allylic oxidation sites excluding steroid dienone is 5. The molecule has 0 aliphatic carbocycles. The van der Waals surface area contributed by atoms with Gasteiger partial charge in [0.1, 0.15) is 6.10 Å². The van der Waals surface area contributed by atoms with Gasteiger partial charge < -0.3 is 23.7 Å². The summed E-state index contributed by atoms with van der Waals surface area (Å²) >= 11 is 0. The molecule has 0 aromatic rings. The molecular weight excluding hydrogens is 512 g/mol. The lowest BCUT2D eigenvalue weighted by molar-refractivity contribution is -0.153. The lowest BCUT2D eigenvalue weighted by Gasteiger charge is -2.36. The van der Waals surface area contributed by atoms with E-state index in [4.69, 9.17) is 18.9 Å². The maximum absolute atomic E-state index is 13.0. The van der Waals surface area contributed by atoms with Crippen molar-refractivity contribution in [3.8, 4) is 0 Å². The molecule has 3 heterocycles. The van der Waals surface area contributed by atoms with Gasteiger partial charge in [-0.15, -0.1) is 0 Å². The average Bonchev–Trinajstić information content (AvgIpc) is 2.91. The Morgan fingerprint density at radius 1 is 0.925 bits per heavy atom. The summed E-state index contributed by atoms with van der Waals surface area (Å²) in [6.45, 7) is 1.86. The van der Waals surface area contributed by atoms with Crippen LogP contribution in [-0.2, 0) is 38.1 Å². The molecule has 0 aromatic heterocycles. The van der Waals surface area contributed by atoms with E-state index in [2.05, 4.69) is 16.9 Å². The Labute approximate surface area is 238 Å². The van der Waals surface area contributed by atoms with Gasteiger partial charge in [-0.2, -0.15) is 0 Å². The molecule has 0 unspecified atom stereocenters. The number of carbonyl (C=O) groups is 3. The standard InChI is InChI=1S/C32H44O8/c1-23(17-30(33)36-2)11-6-4-7-13-26-14-9-5-8-12-25-15-10-16-27(38-25)21-28-18-24(20-31(34)37-3)19-29(39-28)22-32(35)40-26/h4-7,9,11,13,20,25-29H,8,10,12,14-19,21-22H2,1-3H3/b6-4-,9-5+,13-7+,23-11+,24-20-/t25-,26-,27-,28+,29-/m0/s1. The number of methoxy groups -OCH3 is 2. The van der Waals surface area contributed by atoms with Gasteiger partial charge in [-0.05, 0) is 57.9 Å². The lowest BCUT2D eigenvalue weighted by Crippen LogP contribution is -2.37. The summed E-state index contributed by atoms with van der Waals surface area (Å²) in [5.41, 5.74) is 1.81. The van der Waals surface area contributed by atoms with E-state index in [0.29, 0.717) is 19.3 Å². The smallest absolute Gasteiger partial charge is 0.330 e. The number of cyclic esters (lactones) is 1. The number of fused-ring (bicyclic) bond motifs is 4. The monoisotopic (exact) mass is 556 g/mol. The molecule has 220 valence electrons. The fourth-order valence-electron chi connectivity index (χ4n) is 5.33. The third-order valence-electron chi connectivity index (χ3n) is 7.30. The molecule has 3 rings (SSSR count). The maximum Gasteiger partial charge on any atom is 0.330 e. The first-order valence-electron chi connectivity index (χ1n) is 14.3. The fourth-order valence-corrected chi connectivity index (χ4v) is 5.33. The zero-order chi connectivity index (χ0) is 28.7. The Balaban J connectivity index is 1.71. The van der Waals surface area contributed by atoms with Crippen molar-refractivity contribution in [2.24, 2.45) is 0 Å².